The maximum absolute atomic E-state index is 12.6. The zero-order valence-electron chi connectivity index (χ0n) is 10.7. The van der Waals surface area contributed by atoms with E-state index in [-0.39, 0.29) is 11.3 Å². The first kappa shape index (κ1) is 13.1. The summed E-state index contributed by atoms with van der Waals surface area (Å²) in [4.78, 5) is 12.6. The van der Waals surface area contributed by atoms with Crippen molar-refractivity contribution in [3.63, 3.8) is 0 Å². The molecule has 3 nitrogen and oxygen atoms in total. The van der Waals surface area contributed by atoms with Gasteiger partial charge in [0, 0.05) is 10.9 Å². The predicted octanol–water partition coefficient (Wildman–Crippen LogP) is 2.85. The van der Waals surface area contributed by atoms with Gasteiger partial charge in [-0.2, -0.15) is 0 Å². The monoisotopic (exact) mass is 280 g/mol. The number of carbonyl (C=O) groups is 1. The fourth-order valence-corrected chi connectivity index (χ4v) is 3.22. The van der Waals surface area contributed by atoms with E-state index in [1.165, 1.54) is 0 Å². The van der Waals surface area contributed by atoms with Crippen LogP contribution >= 0.6 is 11.6 Å². The molecular weight excluding hydrogens is 264 g/mol. The zero-order valence-corrected chi connectivity index (χ0v) is 11.5. The number of rotatable bonds is 2. The maximum Gasteiger partial charge on any atom is 0.147 e. The molecule has 2 fully saturated rings. The minimum atomic E-state index is -0.380. The average molecular weight is 281 g/mol. The molecule has 0 aromatic heterocycles. The molecule has 3 rings (SSSR count). The summed E-state index contributed by atoms with van der Waals surface area (Å²) in [5.41, 5.74) is 0.785. The van der Waals surface area contributed by atoms with Crippen molar-refractivity contribution in [3.05, 3.63) is 34.9 Å². The van der Waals surface area contributed by atoms with E-state index >= 15 is 0 Å². The van der Waals surface area contributed by atoms with E-state index in [9.17, 15) is 4.79 Å². The molecule has 2 aliphatic rings. The van der Waals surface area contributed by atoms with Crippen molar-refractivity contribution in [3.8, 4) is 0 Å². The Kier molecular flexibility index (Phi) is 3.61. The topological polar surface area (TPSA) is 35.5 Å². The molecule has 4 heteroatoms. The molecule has 1 aromatic rings. The van der Waals surface area contributed by atoms with Crippen molar-refractivity contribution < 1.29 is 14.3 Å². The van der Waals surface area contributed by atoms with Crippen molar-refractivity contribution >= 4 is 17.4 Å². The number of carbonyl (C=O) groups excluding carboxylic acids is 1. The van der Waals surface area contributed by atoms with Crippen LogP contribution in [0.25, 0.3) is 0 Å². The SMILES string of the molecule is O=C1C(Cc2ccc(Cl)cc2)CCC12COCOC2. The van der Waals surface area contributed by atoms with Crippen LogP contribution in [0, 0.1) is 11.3 Å². The van der Waals surface area contributed by atoms with Gasteiger partial charge >= 0.3 is 0 Å². The molecule has 1 aliphatic carbocycles. The van der Waals surface area contributed by atoms with E-state index in [1.807, 2.05) is 24.3 Å². The molecule has 19 heavy (non-hydrogen) atoms. The molecule has 1 atom stereocenters. The van der Waals surface area contributed by atoms with Crippen LogP contribution in [0.1, 0.15) is 18.4 Å². The molecule has 1 aromatic carbocycles. The summed E-state index contributed by atoms with van der Waals surface area (Å²) < 4.78 is 10.7. The van der Waals surface area contributed by atoms with Gasteiger partial charge in [-0.15, -0.1) is 0 Å². The van der Waals surface area contributed by atoms with Gasteiger partial charge in [0.2, 0.25) is 0 Å². The second-order valence-electron chi connectivity index (χ2n) is 5.53. The van der Waals surface area contributed by atoms with Crippen molar-refractivity contribution in [2.75, 3.05) is 20.0 Å². The fraction of sp³-hybridized carbons (Fsp3) is 0.533. The average Bonchev–Trinajstić information content (AvgIpc) is 2.72. The van der Waals surface area contributed by atoms with Crippen LogP contribution in [-0.2, 0) is 20.7 Å². The Morgan fingerprint density at radius 1 is 1.21 bits per heavy atom. The Bertz CT molecular complexity index is 463. The van der Waals surface area contributed by atoms with Crippen LogP contribution in [0.4, 0.5) is 0 Å². The minimum absolute atomic E-state index is 0.0893. The quantitative estimate of drug-likeness (QED) is 0.836. The summed E-state index contributed by atoms with van der Waals surface area (Å²) >= 11 is 5.87. The lowest BCUT2D eigenvalue weighted by Gasteiger charge is -2.31. The highest BCUT2D eigenvalue weighted by Gasteiger charge is 2.49. The van der Waals surface area contributed by atoms with Crippen LogP contribution in [-0.4, -0.2) is 25.8 Å². The molecule has 102 valence electrons. The third-order valence-electron chi connectivity index (χ3n) is 4.18. The second-order valence-corrected chi connectivity index (χ2v) is 5.96. The van der Waals surface area contributed by atoms with Crippen molar-refractivity contribution in [1.82, 2.24) is 0 Å². The summed E-state index contributed by atoms with van der Waals surface area (Å²) in [5.74, 6) is 0.397. The van der Waals surface area contributed by atoms with E-state index in [0.717, 1.165) is 29.8 Å². The van der Waals surface area contributed by atoms with Gasteiger partial charge in [-0.1, -0.05) is 23.7 Å². The van der Waals surface area contributed by atoms with Gasteiger partial charge in [-0.3, -0.25) is 4.79 Å². The molecule has 0 N–H and O–H groups in total. The Hall–Kier alpha value is -0.900. The molecule has 1 heterocycles. The first-order valence-corrected chi connectivity index (χ1v) is 7.02. The van der Waals surface area contributed by atoms with Crippen LogP contribution in [0.5, 0.6) is 0 Å². The Balaban J connectivity index is 1.70. The fourth-order valence-electron chi connectivity index (χ4n) is 3.10. The smallest absolute Gasteiger partial charge is 0.147 e. The van der Waals surface area contributed by atoms with Gasteiger partial charge in [-0.25, -0.2) is 0 Å². The molecule has 1 aliphatic heterocycles. The summed E-state index contributed by atoms with van der Waals surface area (Å²) in [7, 11) is 0. The van der Waals surface area contributed by atoms with Crippen molar-refractivity contribution in [2.24, 2.45) is 11.3 Å². The van der Waals surface area contributed by atoms with E-state index in [1.54, 1.807) is 0 Å². The van der Waals surface area contributed by atoms with Crippen LogP contribution in [0.15, 0.2) is 24.3 Å². The summed E-state index contributed by atoms with van der Waals surface area (Å²) in [5, 5.41) is 0.729. The van der Waals surface area contributed by atoms with Gasteiger partial charge in [0.05, 0.1) is 18.6 Å². The van der Waals surface area contributed by atoms with Crippen molar-refractivity contribution in [2.45, 2.75) is 19.3 Å². The third-order valence-corrected chi connectivity index (χ3v) is 4.44. The van der Waals surface area contributed by atoms with E-state index in [4.69, 9.17) is 21.1 Å². The highest BCUT2D eigenvalue weighted by Crippen LogP contribution is 2.41. The highest BCUT2D eigenvalue weighted by atomic mass is 35.5. The molecule has 1 unspecified atom stereocenters. The number of hydrogen-bond acceptors (Lipinski definition) is 3. The number of halogens is 1. The minimum Gasteiger partial charge on any atom is -0.354 e. The number of ether oxygens (including phenoxy) is 2. The number of ketones is 1. The van der Waals surface area contributed by atoms with Gasteiger partial charge in [0.25, 0.3) is 0 Å². The lowest BCUT2D eigenvalue weighted by atomic mass is 9.84. The summed E-state index contributed by atoms with van der Waals surface area (Å²) in [6.07, 6.45) is 2.59. The second kappa shape index (κ2) is 5.23. The summed E-state index contributed by atoms with van der Waals surface area (Å²) in [6, 6.07) is 7.74. The van der Waals surface area contributed by atoms with Gasteiger partial charge in [-0.05, 0) is 37.0 Å². The normalized spacial score (nSPS) is 25.9. The van der Waals surface area contributed by atoms with E-state index in [2.05, 4.69) is 0 Å². The van der Waals surface area contributed by atoms with Crippen LogP contribution < -0.4 is 0 Å². The molecule has 1 saturated heterocycles. The highest BCUT2D eigenvalue weighted by molar-refractivity contribution is 6.30. The molecule has 1 spiro atoms. The Labute approximate surface area is 117 Å². The number of benzene rings is 1. The van der Waals surface area contributed by atoms with Gasteiger partial charge in [0.15, 0.2) is 0 Å². The predicted molar refractivity (Wildman–Crippen MR) is 72.1 cm³/mol. The largest absolute Gasteiger partial charge is 0.354 e. The maximum atomic E-state index is 12.6. The molecule has 0 amide bonds. The summed E-state index contributed by atoms with van der Waals surface area (Å²) in [6.45, 7) is 1.35. The van der Waals surface area contributed by atoms with Gasteiger partial charge < -0.3 is 9.47 Å². The van der Waals surface area contributed by atoms with Crippen LogP contribution in [0.2, 0.25) is 5.02 Å². The van der Waals surface area contributed by atoms with E-state index in [0.29, 0.717) is 25.8 Å². The number of hydrogen-bond donors (Lipinski definition) is 0. The third kappa shape index (κ3) is 2.55. The lowest BCUT2D eigenvalue weighted by molar-refractivity contribution is -0.173. The molecule has 1 saturated carbocycles. The number of Topliss-reactive ketones (excluding diaryl/α,β-unsaturated/α-hetero) is 1. The standard InChI is InChI=1S/C15H17ClO3/c16-13-3-1-11(2-4-13)7-12-5-6-15(14(12)17)8-18-10-19-9-15/h1-4,12H,5-10H2. The van der Waals surface area contributed by atoms with E-state index < -0.39 is 0 Å². The molecular formula is C15H17ClO3. The molecule has 0 radical (unpaired) electrons. The van der Waals surface area contributed by atoms with Gasteiger partial charge in [0.1, 0.15) is 12.6 Å². The first-order chi connectivity index (χ1) is 9.20. The zero-order chi connectivity index (χ0) is 13.3. The first-order valence-electron chi connectivity index (χ1n) is 6.64. The lowest BCUT2D eigenvalue weighted by Crippen LogP contribution is -2.42. The molecule has 0 bridgehead atoms. The van der Waals surface area contributed by atoms with Crippen LogP contribution in [0.3, 0.4) is 0 Å². The Morgan fingerprint density at radius 3 is 2.58 bits per heavy atom. The van der Waals surface area contributed by atoms with Crippen molar-refractivity contribution in [1.29, 1.82) is 0 Å². The Morgan fingerprint density at radius 2 is 1.89 bits per heavy atom.